The van der Waals surface area contributed by atoms with Crippen molar-refractivity contribution < 1.29 is 24.3 Å². The summed E-state index contributed by atoms with van der Waals surface area (Å²) in [6.45, 7) is 0. The Balaban J connectivity index is 1.63. The van der Waals surface area contributed by atoms with E-state index in [1.165, 1.54) is 6.26 Å². The third kappa shape index (κ3) is 3.83. The summed E-state index contributed by atoms with van der Waals surface area (Å²) in [7, 11) is 1.57. The topological polar surface area (TPSA) is 97.7 Å². The van der Waals surface area contributed by atoms with Crippen LogP contribution in [-0.2, 0) is 0 Å². The zero-order chi connectivity index (χ0) is 23.7. The van der Waals surface area contributed by atoms with Crippen LogP contribution in [0.3, 0.4) is 0 Å². The van der Waals surface area contributed by atoms with Gasteiger partial charge in [0.05, 0.1) is 12.7 Å². The van der Waals surface area contributed by atoms with Crippen LogP contribution in [0.5, 0.6) is 17.4 Å². The summed E-state index contributed by atoms with van der Waals surface area (Å²) in [5.74, 6) is -0.351. The fourth-order valence-corrected chi connectivity index (χ4v) is 4.84. The van der Waals surface area contributed by atoms with Gasteiger partial charge in [0.25, 0.3) is 0 Å². The summed E-state index contributed by atoms with van der Waals surface area (Å²) in [6, 6.07) is 16.0. The van der Waals surface area contributed by atoms with Crippen LogP contribution in [0.1, 0.15) is 59.6 Å². The smallest absolute Gasteiger partial charge is 0.240 e. The molecule has 1 aliphatic rings. The number of nitrogens with zero attached hydrogens (tertiary/aromatic N) is 2. The first-order valence-corrected chi connectivity index (χ1v) is 11.4. The van der Waals surface area contributed by atoms with Crippen molar-refractivity contribution in [3.05, 3.63) is 77.7 Å². The largest absolute Gasteiger partial charge is 0.503 e. The minimum Gasteiger partial charge on any atom is -0.503 e. The average Bonchev–Trinajstić information content (AvgIpc) is 3.52. The standard InChI is InChI=1S/C27H26N2O5/c1-33-21-13-9-19(10-14-21)25(30)23-24(18-5-3-2-4-6-18)29(27(32)26(23)31)20-11-7-17(8-12-20)22-15-16-34-28-22/h7-16,18,31-32H,2-6H2,1H3. The Labute approximate surface area is 197 Å². The number of aromatic hydroxyl groups is 2. The van der Waals surface area contributed by atoms with Crippen LogP contribution in [-0.4, -0.2) is 32.8 Å². The molecule has 0 aliphatic heterocycles. The zero-order valence-corrected chi connectivity index (χ0v) is 18.9. The molecule has 2 aromatic carbocycles. The van der Waals surface area contributed by atoms with Crippen molar-refractivity contribution in [1.82, 2.24) is 9.72 Å². The van der Waals surface area contributed by atoms with E-state index in [0.29, 0.717) is 28.4 Å². The maximum atomic E-state index is 13.6. The van der Waals surface area contributed by atoms with Crippen molar-refractivity contribution in [2.45, 2.75) is 38.0 Å². The number of carbonyl (C=O) groups is 1. The number of ketones is 1. The summed E-state index contributed by atoms with van der Waals surface area (Å²) >= 11 is 0. The molecule has 5 rings (SSSR count). The van der Waals surface area contributed by atoms with Crippen LogP contribution in [0.15, 0.2) is 65.4 Å². The van der Waals surface area contributed by atoms with E-state index >= 15 is 0 Å². The fourth-order valence-electron chi connectivity index (χ4n) is 4.84. The third-order valence-corrected chi connectivity index (χ3v) is 6.59. The number of benzene rings is 2. The Kier molecular flexibility index (Phi) is 5.84. The molecule has 2 N–H and O–H groups in total. The van der Waals surface area contributed by atoms with Gasteiger partial charge in [-0.2, -0.15) is 0 Å². The van der Waals surface area contributed by atoms with E-state index in [-0.39, 0.29) is 28.9 Å². The van der Waals surface area contributed by atoms with Gasteiger partial charge in [0.15, 0.2) is 11.5 Å². The monoisotopic (exact) mass is 458 g/mol. The van der Waals surface area contributed by atoms with Crippen molar-refractivity contribution in [3.8, 4) is 34.3 Å². The summed E-state index contributed by atoms with van der Waals surface area (Å²) in [4.78, 5) is 13.6. The highest BCUT2D eigenvalue weighted by atomic mass is 16.5. The highest BCUT2D eigenvalue weighted by Crippen LogP contribution is 2.46. The Hall–Kier alpha value is -4.00. The van der Waals surface area contributed by atoms with Gasteiger partial charge in [-0.25, -0.2) is 0 Å². The Morgan fingerprint density at radius 2 is 1.71 bits per heavy atom. The van der Waals surface area contributed by atoms with Crippen LogP contribution in [0, 0.1) is 0 Å². The van der Waals surface area contributed by atoms with Gasteiger partial charge < -0.3 is 19.5 Å². The summed E-state index contributed by atoms with van der Waals surface area (Å²) in [5, 5.41) is 26.0. The molecule has 0 amide bonds. The predicted octanol–water partition coefficient (Wildman–Crippen LogP) is 5.83. The Morgan fingerprint density at radius 3 is 2.32 bits per heavy atom. The molecule has 34 heavy (non-hydrogen) atoms. The third-order valence-electron chi connectivity index (χ3n) is 6.59. The molecule has 7 heteroatoms. The molecule has 1 fully saturated rings. The van der Waals surface area contributed by atoms with E-state index in [4.69, 9.17) is 9.26 Å². The first-order valence-electron chi connectivity index (χ1n) is 11.4. The van der Waals surface area contributed by atoms with Crippen molar-refractivity contribution in [2.75, 3.05) is 7.11 Å². The van der Waals surface area contributed by atoms with Crippen LogP contribution < -0.4 is 4.74 Å². The number of hydrogen-bond acceptors (Lipinski definition) is 6. The van der Waals surface area contributed by atoms with Crippen molar-refractivity contribution >= 4 is 5.78 Å². The number of methoxy groups -OCH3 is 1. The fraction of sp³-hybridized carbons (Fsp3) is 0.259. The summed E-state index contributed by atoms with van der Waals surface area (Å²) in [5.41, 5.74) is 3.47. The summed E-state index contributed by atoms with van der Waals surface area (Å²) < 4.78 is 11.7. The van der Waals surface area contributed by atoms with Gasteiger partial charge in [0, 0.05) is 34.5 Å². The number of aromatic nitrogens is 2. The molecule has 0 unspecified atom stereocenters. The Morgan fingerprint density at radius 1 is 1.00 bits per heavy atom. The maximum absolute atomic E-state index is 13.6. The second kappa shape index (κ2) is 9.09. The minimum absolute atomic E-state index is 0.0490. The normalized spacial score (nSPS) is 14.3. The van der Waals surface area contributed by atoms with Crippen LogP contribution in [0.25, 0.3) is 16.9 Å². The van der Waals surface area contributed by atoms with Gasteiger partial charge in [-0.05, 0) is 49.2 Å². The minimum atomic E-state index is -0.387. The van der Waals surface area contributed by atoms with E-state index in [0.717, 1.165) is 37.7 Å². The molecule has 1 saturated carbocycles. The molecular formula is C27H26N2O5. The lowest BCUT2D eigenvalue weighted by Gasteiger charge is -2.25. The number of hydrogen-bond donors (Lipinski definition) is 2. The molecule has 0 atom stereocenters. The van der Waals surface area contributed by atoms with E-state index in [2.05, 4.69) is 5.16 Å². The van der Waals surface area contributed by atoms with Crippen molar-refractivity contribution in [1.29, 1.82) is 0 Å². The second-order valence-corrected chi connectivity index (χ2v) is 8.59. The van der Waals surface area contributed by atoms with E-state index in [1.807, 2.05) is 24.3 Å². The first-order chi connectivity index (χ1) is 16.6. The van der Waals surface area contributed by atoms with E-state index in [1.54, 1.807) is 42.0 Å². The van der Waals surface area contributed by atoms with Gasteiger partial charge in [0.1, 0.15) is 17.7 Å². The van der Waals surface area contributed by atoms with Gasteiger partial charge >= 0.3 is 0 Å². The average molecular weight is 459 g/mol. The molecule has 174 valence electrons. The molecule has 0 saturated heterocycles. The molecule has 0 spiro atoms. The highest BCUT2D eigenvalue weighted by Gasteiger charge is 2.33. The summed E-state index contributed by atoms with van der Waals surface area (Å²) in [6.07, 6.45) is 6.52. The van der Waals surface area contributed by atoms with E-state index in [9.17, 15) is 15.0 Å². The van der Waals surface area contributed by atoms with Crippen LogP contribution in [0.4, 0.5) is 0 Å². The first kappa shape index (κ1) is 21.8. The van der Waals surface area contributed by atoms with Gasteiger partial charge in [-0.15, -0.1) is 0 Å². The van der Waals surface area contributed by atoms with Gasteiger partial charge in [-0.3, -0.25) is 9.36 Å². The quantitative estimate of drug-likeness (QED) is 0.353. The Bertz CT molecular complexity index is 1280. The lowest BCUT2D eigenvalue weighted by atomic mass is 9.84. The molecule has 1 aliphatic carbocycles. The molecule has 7 nitrogen and oxygen atoms in total. The number of ether oxygens (including phenoxy) is 1. The van der Waals surface area contributed by atoms with E-state index < -0.39 is 0 Å². The van der Waals surface area contributed by atoms with Gasteiger partial charge in [0.2, 0.25) is 5.88 Å². The van der Waals surface area contributed by atoms with Crippen molar-refractivity contribution in [2.24, 2.45) is 0 Å². The molecule has 2 aromatic heterocycles. The maximum Gasteiger partial charge on any atom is 0.240 e. The molecule has 0 bridgehead atoms. The molecule has 4 aromatic rings. The SMILES string of the molecule is COc1ccc(C(=O)c2c(O)c(O)n(-c3ccc(-c4ccon4)cc3)c2C2CCCCC2)cc1. The molecule has 2 heterocycles. The predicted molar refractivity (Wildman–Crippen MR) is 127 cm³/mol. The highest BCUT2D eigenvalue weighted by molar-refractivity contribution is 6.12. The van der Waals surface area contributed by atoms with Crippen LogP contribution in [0.2, 0.25) is 0 Å². The van der Waals surface area contributed by atoms with Crippen molar-refractivity contribution in [3.63, 3.8) is 0 Å². The lowest BCUT2D eigenvalue weighted by molar-refractivity contribution is 0.103. The molecule has 0 radical (unpaired) electrons. The lowest BCUT2D eigenvalue weighted by Crippen LogP contribution is -2.14. The molecular weight excluding hydrogens is 432 g/mol. The second-order valence-electron chi connectivity index (χ2n) is 8.59. The van der Waals surface area contributed by atoms with Gasteiger partial charge in [-0.1, -0.05) is 36.6 Å². The zero-order valence-electron chi connectivity index (χ0n) is 18.9. The number of carbonyl (C=O) groups excluding carboxylic acids is 1. The number of rotatable bonds is 6. The van der Waals surface area contributed by atoms with Crippen LogP contribution >= 0.6 is 0 Å².